The van der Waals surface area contributed by atoms with Crippen LogP contribution in [0.2, 0.25) is 0 Å². The summed E-state index contributed by atoms with van der Waals surface area (Å²) in [7, 11) is -3.72. The minimum Gasteiger partial charge on any atom is -0.494 e. The highest BCUT2D eigenvalue weighted by atomic mass is 32.2. The summed E-state index contributed by atoms with van der Waals surface area (Å²) in [5, 5.41) is 1.64. The van der Waals surface area contributed by atoms with Crippen LogP contribution in [0.15, 0.2) is 46.0 Å². The van der Waals surface area contributed by atoms with Gasteiger partial charge >= 0.3 is 0 Å². The number of hydrazine groups is 1. The zero-order chi connectivity index (χ0) is 15.3. The second-order valence-electron chi connectivity index (χ2n) is 3.95. The Labute approximate surface area is 126 Å². The normalized spacial score (nSPS) is 11.1. The topological polar surface area (TPSA) is 84.5 Å². The third-order valence-corrected chi connectivity index (χ3v) is 5.13. The van der Waals surface area contributed by atoms with E-state index in [2.05, 4.69) is 10.3 Å². The van der Waals surface area contributed by atoms with Gasteiger partial charge in [-0.25, -0.2) is 8.42 Å². The predicted octanol–water partition coefficient (Wildman–Crippen LogP) is 1.77. The largest absolute Gasteiger partial charge is 0.494 e. The molecule has 0 spiro atoms. The summed E-state index contributed by atoms with van der Waals surface area (Å²) >= 11 is 1.07. The number of ether oxygens (including phenoxy) is 1. The lowest BCUT2D eigenvalue weighted by molar-refractivity contribution is 0.0945. The minimum absolute atomic E-state index is 0.134. The zero-order valence-electron chi connectivity index (χ0n) is 11.2. The lowest BCUT2D eigenvalue weighted by atomic mass is 10.2. The van der Waals surface area contributed by atoms with Crippen LogP contribution in [0.1, 0.15) is 17.3 Å². The summed E-state index contributed by atoms with van der Waals surface area (Å²) in [4.78, 5) is 13.9. The maximum atomic E-state index is 11.9. The van der Waals surface area contributed by atoms with E-state index in [1.54, 1.807) is 35.7 Å². The Hall–Kier alpha value is -1.90. The van der Waals surface area contributed by atoms with E-state index in [1.807, 2.05) is 6.92 Å². The van der Waals surface area contributed by atoms with E-state index in [1.165, 1.54) is 6.07 Å². The molecule has 8 heteroatoms. The maximum absolute atomic E-state index is 11.9. The first-order valence-electron chi connectivity index (χ1n) is 6.11. The van der Waals surface area contributed by atoms with E-state index in [0.717, 1.165) is 11.3 Å². The van der Waals surface area contributed by atoms with Crippen molar-refractivity contribution in [3.05, 3.63) is 47.3 Å². The zero-order valence-corrected chi connectivity index (χ0v) is 12.8. The molecule has 0 unspecified atom stereocenters. The van der Waals surface area contributed by atoms with Crippen LogP contribution in [0.5, 0.6) is 5.75 Å². The summed E-state index contributed by atoms with van der Waals surface area (Å²) in [6.45, 7) is 2.39. The van der Waals surface area contributed by atoms with Gasteiger partial charge in [-0.1, -0.05) is 6.07 Å². The highest BCUT2D eigenvalue weighted by molar-refractivity contribution is 7.91. The number of rotatable bonds is 6. The highest BCUT2D eigenvalue weighted by Gasteiger charge is 2.16. The molecule has 6 nitrogen and oxygen atoms in total. The molecule has 1 heterocycles. The second kappa shape index (κ2) is 6.70. The molecule has 1 aromatic heterocycles. The van der Waals surface area contributed by atoms with Crippen LogP contribution in [0, 0.1) is 0 Å². The molecular weight excluding hydrogens is 312 g/mol. The van der Waals surface area contributed by atoms with E-state index in [4.69, 9.17) is 4.74 Å². The van der Waals surface area contributed by atoms with E-state index < -0.39 is 15.9 Å². The van der Waals surface area contributed by atoms with Crippen LogP contribution in [0.3, 0.4) is 0 Å². The van der Waals surface area contributed by atoms with Gasteiger partial charge in [0.1, 0.15) is 9.96 Å². The Balaban J connectivity index is 1.99. The van der Waals surface area contributed by atoms with Crippen molar-refractivity contribution in [3.8, 4) is 5.75 Å². The first-order valence-corrected chi connectivity index (χ1v) is 8.47. The van der Waals surface area contributed by atoms with Crippen LogP contribution < -0.4 is 15.0 Å². The summed E-state index contributed by atoms with van der Waals surface area (Å²) in [5.41, 5.74) is 2.49. The number of benzene rings is 1. The Morgan fingerprint density at radius 2 is 1.95 bits per heavy atom. The van der Waals surface area contributed by atoms with E-state index in [-0.39, 0.29) is 4.21 Å². The number of nitrogens with one attached hydrogen (secondary N) is 2. The molecular formula is C13H14N2O4S2. The molecule has 112 valence electrons. The monoisotopic (exact) mass is 326 g/mol. The van der Waals surface area contributed by atoms with Crippen LogP contribution in [-0.2, 0) is 10.0 Å². The van der Waals surface area contributed by atoms with Crippen molar-refractivity contribution < 1.29 is 17.9 Å². The summed E-state index contributed by atoms with van der Waals surface area (Å²) in [5.74, 6) is 0.103. The Morgan fingerprint density at radius 3 is 2.52 bits per heavy atom. The molecule has 0 aliphatic rings. The van der Waals surface area contributed by atoms with Gasteiger partial charge in [-0.05, 0) is 42.6 Å². The van der Waals surface area contributed by atoms with Crippen molar-refractivity contribution in [3.63, 3.8) is 0 Å². The molecule has 0 saturated carbocycles. The molecule has 2 aromatic rings. The second-order valence-corrected chi connectivity index (χ2v) is 6.81. The molecule has 0 fully saturated rings. The van der Waals surface area contributed by atoms with Crippen LogP contribution >= 0.6 is 11.3 Å². The molecule has 0 radical (unpaired) electrons. The lowest BCUT2D eigenvalue weighted by Crippen LogP contribution is -2.41. The summed E-state index contributed by atoms with van der Waals surface area (Å²) < 4.78 is 29.1. The van der Waals surface area contributed by atoms with Crippen molar-refractivity contribution in [2.24, 2.45) is 0 Å². The third kappa shape index (κ3) is 4.03. The number of carbonyl (C=O) groups is 1. The van der Waals surface area contributed by atoms with Gasteiger partial charge in [0.25, 0.3) is 15.9 Å². The van der Waals surface area contributed by atoms with Crippen molar-refractivity contribution in [1.29, 1.82) is 0 Å². The van der Waals surface area contributed by atoms with E-state index >= 15 is 0 Å². The summed E-state index contributed by atoms with van der Waals surface area (Å²) in [6.07, 6.45) is 0. The molecule has 0 aliphatic heterocycles. The number of hydrogen-bond donors (Lipinski definition) is 2. The van der Waals surface area contributed by atoms with Gasteiger partial charge in [0.15, 0.2) is 0 Å². The number of amides is 1. The van der Waals surface area contributed by atoms with Crippen LogP contribution in [-0.4, -0.2) is 20.9 Å². The van der Waals surface area contributed by atoms with Crippen molar-refractivity contribution in [2.45, 2.75) is 11.1 Å². The highest BCUT2D eigenvalue weighted by Crippen LogP contribution is 2.15. The Bertz CT molecular complexity index is 694. The molecule has 1 amide bonds. The van der Waals surface area contributed by atoms with Gasteiger partial charge in [0, 0.05) is 5.56 Å². The molecule has 0 bridgehead atoms. The summed E-state index contributed by atoms with van der Waals surface area (Å²) in [6, 6.07) is 9.47. The number of carbonyl (C=O) groups excluding carboxylic acids is 1. The molecule has 2 rings (SSSR count). The SMILES string of the molecule is CCOc1ccc(C(=O)NNS(=O)(=O)c2cccs2)cc1. The number of thiophene rings is 1. The molecule has 0 aliphatic carbocycles. The average Bonchev–Trinajstić information content (AvgIpc) is 3.01. The fourth-order valence-corrected chi connectivity index (χ4v) is 3.35. The lowest BCUT2D eigenvalue weighted by Gasteiger charge is -2.08. The Kier molecular flexibility index (Phi) is 4.94. The van der Waals surface area contributed by atoms with Crippen molar-refractivity contribution in [1.82, 2.24) is 10.3 Å². The molecule has 0 atom stereocenters. The molecule has 2 N–H and O–H groups in total. The van der Waals surface area contributed by atoms with Gasteiger partial charge in [-0.15, -0.1) is 16.2 Å². The molecule has 0 saturated heterocycles. The van der Waals surface area contributed by atoms with Crippen LogP contribution in [0.25, 0.3) is 0 Å². The smallest absolute Gasteiger partial charge is 0.266 e. The predicted molar refractivity (Wildman–Crippen MR) is 79.7 cm³/mol. The van der Waals surface area contributed by atoms with E-state index in [9.17, 15) is 13.2 Å². The fraction of sp³-hybridized carbons (Fsp3) is 0.154. The number of hydrogen-bond acceptors (Lipinski definition) is 5. The van der Waals surface area contributed by atoms with Gasteiger partial charge in [-0.2, -0.15) is 0 Å². The fourth-order valence-electron chi connectivity index (χ4n) is 1.52. The minimum atomic E-state index is -3.72. The quantitative estimate of drug-likeness (QED) is 0.792. The first-order chi connectivity index (χ1) is 10.0. The maximum Gasteiger partial charge on any atom is 0.266 e. The molecule has 21 heavy (non-hydrogen) atoms. The van der Waals surface area contributed by atoms with Gasteiger partial charge < -0.3 is 4.74 Å². The van der Waals surface area contributed by atoms with Gasteiger partial charge in [0.2, 0.25) is 0 Å². The Morgan fingerprint density at radius 1 is 1.24 bits per heavy atom. The van der Waals surface area contributed by atoms with Crippen molar-refractivity contribution >= 4 is 27.3 Å². The number of sulfonamides is 1. The van der Waals surface area contributed by atoms with E-state index in [0.29, 0.717) is 17.9 Å². The average molecular weight is 326 g/mol. The third-order valence-electron chi connectivity index (χ3n) is 2.49. The van der Waals surface area contributed by atoms with Gasteiger partial charge in [0.05, 0.1) is 6.61 Å². The van der Waals surface area contributed by atoms with Crippen molar-refractivity contribution in [2.75, 3.05) is 6.61 Å². The molecule has 1 aromatic carbocycles. The standard InChI is InChI=1S/C13H14N2O4S2/c1-2-19-11-7-5-10(6-8-11)13(16)14-15-21(17,18)12-4-3-9-20-12/h3-9,15H,2H2,1H3,(H,14,16). The first kappa shape index (κ1) is 15.5. The van der Waals surface area contributed by atoms with Crippen LogP contribution in [0.4, 0.5) is 0 Å². The van der Waals surface area contributed by atoms with Gasteiger partial charge in [-0.3, -0.25) is 10.2 Å².